The average molecular weight is 157 g/mol. The summed E-state index contributed by atoms with van der Waals surface area (Å²) >= 11 is 0. The third-order valence-electron chi connectivity index (χ3n) is 2.34. The Morgan fingerprint density at radius 1 is 1.36 bits per heavy atom. The maximum atomic E-state index is 5.75. The predicted octanol–water partition coefficient (Wildman–Crippen LogP) is 1.54. The highest BCUT2D eigenvalue weighted by atomic mass is 16.5. The summed E-state index contributed by atoms with van der Waals surface area (Å²) in [6, 6.07) is 0. The molecule has 1 fully saturated rings. The molecule has 2 N–H and O–H groups in total. The monoisotopic (exact) mass is 157 g/mol. The zero-order chi connectivity index (χ0) is 8.48. The van der Waals surface area contributed by atoms with Crippen molar-refractivity contribution in [3.63, 3.8) is 0 Å². The quantitative estimate of drug-likeness (QED) is 0.626. The van der Waals surface area contributed by atoms with E-state index in [0.29, 0.717) is 18.8 Å². The summed E-state index contributed by atoms with van der Waals surface area (Å²) in [5.74, 6) is 0. The van der Waals surface area contributed by atoms with E-state index in [0.717, 1.165) is 6.42 Å². The minimum Gasteiger partial charge on any atom is -0.373 e. The van der Waals surface area contributed by atoms with Gasteiger partial charge in [-0.05, 0) is 18.3 Å². The van der Waals surface area contributed by atoms with Gasteiger partial charge in [0, 0.05) is 6.54 Å². The van der Waals surface area contributed by atoms with Crippen LogP contribution in [0.25, 0.3) is 0 Å². The molecule has 0 aromatic heterocycles. The molecule has 1 aliphatic rings. The van der Waals surface area contributed by atoms with Crippen LogP contribution in [0.15, 0.2) is 0 Å². The number of hydrogen-bond acceptors (Lipinski definition) is 2. The topological polar surface area (TPSA) is 35.2 Å². The van der Waals surface area contributed by atoms with Crippen molar-refractivity contribution in [2.24, 2.45) is 11.1 Å². The van der Waals surface area contributed by atoms with E-state index in [9.17, 15) is 0 Å². The van der Waals surface area contributed by atoms with Crippen molar-refractivity contribution < 1.29 is 4.74 Å². The molecule has 0 saturated carbocycles. The molecular weight excluding hydrogens is 138 g/mol. The molecule has 0 unspecified atom stereocenters. The van der Waals surface area contributed by atoms with E-state index in [1.165, 1.54) is 6.42 Å². The molecule has 0 bridgehead atoms. The van der Waals surface area contributed by atoms with Crippen LogP contribution in [0.3, 0.4) is 0 Å². The Hall–Kier alpha value is -0.0800. The Labute approximate surface area is 69.1 Å². The van der Waals surface area contributed by atoms with E-state index < -0.39 is 0 Å². The van der Waals surface area contributed by atoms with Gasteiger partial charge in [0.25, 0.3) is 0 Å². The van der Waals surface area contributed by atoms with Gasteiger partial charge in [-0.3, -0.25) is 0 Å². The van der Waals surface area contributed by atoms with Crippen LogP contribution in [-0.4, -0.2) is 18.8 Å². The molecule has 1 aliphatic heterocycles. The first-order valence-corrected chi connectivity index (χ1v) is 4.39. The minimum absolute atomic E-state index is 0.282. The van der Waals surface area contributed by atoms with E-state index in [-0.39, 0.29) is 5.41 Å². The summed E-state index contributed by atoms with van der Waals surface area (Å²) in [6.07, 6.45) is 3.04. The minimum atomic E-state index is 0.282. The molecule has 2 atom stereocenters. The lowest BCUT2D eigenvalue weighted by Crippen LogP contribution is -2.28. The maximum absolute atomic E-state index is 5.75. The fourth-order valence-corrected chi connectivity index (χ4v) is 1.52. The molecule has 2 nitrogen and oxygen atoms in total. The third-order valence-corrected chi connectivity index (χ3v) is 2.34. The van der Waals surface area contributed by atoms with Crippen LogP contribution in [-0.2, 0) is 4.74 Å². The van der Waals surface area contributed by atoms with E-state index in [1.807, 2.05) is 0 Å². The molecule has 0 radical (unpaired) electrons. The molecule has 1 rings (SSSR count). The molecule has 1 saturated heterocycles. The molecule has 0 aromatic carbocycles. The molecule has 0 aromatic rings. The van der Waals surface area contributed by atoms with Crippen LogP contribution in [0.5, 0.6) is 0 Å². The summed E-state index contributed by atoms with van der Waals surface area (Å²) in [5, 5.41) is 0. The van der Waals surface area contributed by atoms with Gasteiger partial charge in [-0.15, -0.1) is 0 Å². The smallest absolute Gasteiger partial charge is 0.0702 e. The van der Waals surface area contributed by atoms with Gasteiger partial charge in [0.1, 0.15) is 0 Å². The van der Waals surface area contributed by atoms with Gasteiger partial charge in [-0.2, -0.15) is 0 Å². The highest BCUT2D eigenvalue weighted by Crippen LogP contribution is 2.32. The summed E-state index contributed by atoms with van der Waals surface area (Å²) < 4.78 is 5.75. The summed E-state index contributed by atoms with van der Waals surface area (Å²) in [5.41, 5.74) is 5.80. The van der Waals surface area contributed by atoms with Crippen LogP contribution in [0.1, 0.15) is 33.6 Å². The Kier molecular flexibility index (Phi) is 2.55. The number of rotatable bonds is 1. The van der Waals surface area contributed by atoms with Gasteiger partial charge in [0.2, 0.25) is 0 Å². The molecule has 1 heterocycles. The number of nitrogens with two attached hydrogens (primary N) is 1. The third kappa shape index (κ3) is 2.17. The zero-order valence-electron chi connectivity index (χ0n) is 7.76. The first-order chi connectivity index (χ1) is 5.04. The highest BCUT2D eigenvalue weighted by molar-refractivity contribution is 4.82. The maximum Gasteiger partial charge on any atom is 0.0702 e. The van der Waals surface area contributed by atoms with Gasteiger partial charge in [-0.1, -0.05) is 20.8 Å². The van der Waals surface area contributed by atoms with Crippen LogP contribution in [0.4, 0.5) is 0 Å². The predicted molar refractivity (Wildman–Crippen MR) is 46.4 cm³/mol. The Balaban J connectivity index is 2.42. The van der Waals surface area contributed by atoms with Crippen molar-refractivity contribution in [3.05, 3.63) is 0 Å². The fraction of sp³-hybridized carbons (Fsp3) is 1.00. The lowest BCUT2D eigenvalue weighted by Gasteiger charge is -2.26. The molecule has 11 heavy (non-hydrogen) atoms. The number of ether oxygens (including phenoxy) is 1. The van der Waals surface area contributed by atoms with Gasteiger partial charge in [0.15, 0.2) is 0 Å². The van der Waals surface area contributed by atoms with Crippen molar-refractivity contribution in [2.75, 3.05) is 6.54 Å². The van der Waals surface area contributed by atoms with E-state index >= 15 is 0 Å². The van der Waals surface area contributed by atoms with Crippen LogP contribution in [0, 0.1) is 5.41 Å². The molecule has 0 aliphatic carbocycles. The van der Waals surface area contributed by atoms with Crippen molar-refractivity contribution >= 4 is 0 Å². The number of hydrogen-bond donors (Lipinski definition) is 1. The first kappa shape index (κ1) is 9.01. The van der Waals surface area contributed by atoms with Gasteiger partial charge in [-0.25, -0.2) is 0 Å². The first-order valence-electron chi connectivity index (χ1n) is 4.39. The average Bonchev–Trinajstić information content (AvgIpc) is 2.32. The van der Waals surface area contributed by atoms with Crippen molar-refractivity contribution in [1.82, 2.24) is 0 Å². The van der Waals surface area contributed by atoms with E-state index in [4.69, 9.17) is 10.5 Å². The molecular formula is C9H19NO. The largest absolute Gasteiger partial charge is 0.373 e. The molecule has 0 spiro atoms. The van der Waals surface area contributed by atoms with Gasteiger partial charge >= 0.3 is 0 Å². The molecule has 0 amide bonds. The molecule has 66 valence electrons. The second-order valence-electron chi connectivity index (χ2n) is 4.43. The SMILES string of the molecule is CC(C)(C)[C@H]1CC[C@@H](CN)O1. The van der Waals surface area contributed by atoms with Crippen LogP contribution in [0.2, 0.25) is 0 Å². The lowest BCUT2D eigenvalue weighted by atomic mass is 9.87. The fourth-order valence-electron chi connectivity index (χ4n) is 1.52. The van der Waals surface area contributed by atoms with E-state index in [2.05, 4.69) is 20.8 Å². The molecule has 2 heteroatoms. The lowest BCUT2D eigenvalue weighted by molar-refractivity contribution is -0.0117. The van der Waals surface area contributed by atoms with Gasteiger partial charge < -0.3 is 10.5 Å². The second kappa shape index (κ2) is 3.11. The normalized spacial score (nSPS) is 32.7. The van der Waals surface area contributed by atoms with Crippen molar-refractivity contribution in [1.29, 1.82) is 0 Å². The van der Waals surface area contributed by atoms with Crippen molar-refractivity contribution in [2.45, 2.75) is 45.8 Å². The standard InChI is InChI=1S/C9H19NO/c1-9(2,3)8-5-4-7(6-10)11-8/h7-8H,4-6,10H2,1-3H3/t7-,8+/m0/s1. The zero-order valence-corrected chi connectivity index (χ0v) is 7.76. The Morgan fingerprint density at radius 3 is 2.27 bits per heavy atom. The Morgan fingerprint density at radius 2 is 2.00 bits per heavy atom. The highest BCUT2D eigenvalue weighted by Gasteiger charge is 2.32. The van der Waals surface area contributed by atoms with Crippen LogP contribution < -0.4 is 5.73 Å². The van der Waals surface area contributed by atoms with Gasteiger partial charge in [0.05, 0.1) is 12.2 Å². The van der Waals surface area contributed by atoms with E-state index in [1.54, 1.807) is 0 Å². The van der Waals surface area contributed by atoms with Crippen molar-refractivity contribution in [3.8, 4) is 0 Å². The summed E-state index contributed by atoms with van der Waals surface area (Å²) in [4.78, 5) is 0. The summed E-state index contributed by atoms with van der Waals surface area (Å²) in [7, 11) is 0. The Bertz CT molecular complexity index is 128. The van der Waals surface area contributed by atoms with Crippen LogP contribution >= 0.6 is 0 Å². The summed E-state index contributed by atoms with van der Waals surface area (Å²) in [6.45, 7) is 7.33. The second-order valence-corrected chi connectivity index (χ2v) is 4.43.